The summed E-state index contributed by atoms with van der Waals surface area (Å²) in [7, 11) is 1.53. The molecule has 6 nitrogen and oxygen atoms in total. The lowest BCUT2D eigenvalue weighted by Gasteiger charge is -2.36. The van der Waals surface area contributed by atoms with E-state index in [4.69, 9.17) is 0 Å². The summed E-state index contributed by atoms with van der Waals surface area (Å²) in [6, 6.07) is 20.3. The Balaban J connectivity index is 1.55. The molecule has 1 N–H and O–H groups in total. The van der Waals surface area contributed by atoms with Crippen LogP contribution >= 0.6 is 0 Å². The van der Waals surface area contributed by atoms with Gasteiger partial charge in [0.05, 0.1) is 5.56 Å². The fourth-order valence-electron chi connectivity index (χ4n) is 3.86. The summed E-state index contributed by atoms with van der Waals surface area (Å²) in [4.78, 5) is 32.7. The number of anilines is 1. The van der Waals surface area contributed by atoms with Crippen LogP contribution in [0.3, 0.4) is 0 Å². The molecular weight excluding hydrogens is 364 g/mol. The third kappa shape index (κ3) is 4.32. The van der Waals surface area contributed by atoms with E-state index in [1.54, 1.807) is 0 Å². The Kier molecular flexibility index (Phi) is 5.62. The lowest BCUT2D eigenvalue weighted by atomic mass is 10.1. The van der Waals surface area contributed by atoms with Crippen LogP contribution in [0.2, 0.25) is 0 Å². The fraction of sp³-hybridized carbons (Fsp3) is 0.304. The Morgan fingerprint density at radius 3 is 2.03 bits per heavy atom. The normalized spacial score (nSPS) is 14.9. The van der Waals surface area contributed by atoms with Crippen molar-refractivity contribution in [2.24, 2.45) is 7.05 Å². The molecule has 0 saturated carbocycles. The van der Waals surface area contributed by atoms with Gasteiger partial charge in [-0.05, 0) is 11.1 Å². The molecule has 1 fully saturated rings. The molecule has 2 aromatic carbocycles. The molecule has 150 valence electrons. The highest BCUT2D eigenvalue weighted by molar-refractivity contribution is 5.48. The van der Waals surface area contributed by atoms with Gasteiger partial charge < -0.3 is 4.90 Å². The van der Waals surface area contributed by atoms with E-state index in [1.807, 2.05) is 36.4 Å². The van der Waals surface area contributed by atoms with Crippen molar-refractivity contribution in [3.8, 4) is 0 Å². The van der Waals surface area contributed by atoms with Crippen molar-refractivity contribution in [3.05, 3.63) is 98.2 Å². The van der Waals surface area contributed by atoms with Crippen molar-refractivity contribution in [2.75, 3.05) is 31.1 Å². The number of H-pyrrole nitrogens is 1. The fourth-order valence-corrected chi connectivity index (χ4v) is 3.86. The minimum absolute atomic E-state index is 0.223. The predicted molar refractivity (Wildman–Crippen MR) is 115 cm³/mol. The molecule has 3 aromatic rings. The summed E-state index contributed by atoms with van der Waals surface area (Å²) in [5, 5.41) is 0. The van der Waals surface area contributed by atoms with Crippen molar-refractivity contribution < 1.29 is 0 Å². The lowest BCUT2D eigenvalue weighted by molar-refractivity contribution is 0.249. The summed E-state index contributed by atoms with van der Waals surface area (Å²) in [5.74, 6) is 0.668. The van der Waals surface area contributed by atoms with Crippen LogP contribution in [0.25, 0.3) is 0 Å². The maximum atomic E-state index is 12.9. The first kappa shape index (κ1) is 19.2. The van der Waals surface area contributed by atoms with Crippen LogP contribution in [0.15, 0.2) is 70.3 Å². The van der Waals surface area contributed by atoms with Gasteiger partial charge in [0.1, 0.15) is 5.82 Å². The Hall–Kier alpha value is -3.12. The molecule has 29 heavy (non-hydrogen) atoms. The van der Waals surface area contributed by atoms with Gasteiger partial charge in [-0.1, -0.05) is 60.7 Å². The maximum absolute atomic E-state index is 12.9. The van der Waals surface area contributed by atoms with Crippen molar-refractivity contribution in [1.82, 2.24) is 14.5 Å². The van der Waals surface area contributed by atoms with E-state index in [0.29, 0.717) is 17.8 Å². The highest BCUT2D eigenvalue weighted by Crippen LogP contribution is 2.19. The number of hydrogen-bond acceptors (Lipinski definition) is 4. The molecule has 0 unspecified atom stereocenters. The zero-order chi connectivity index (χ0) is 20.2. The van der Waals surface area contributed by atoms with Crippen molar-refractivity contribution >= 4 is 5.82 Å². The third-order valence-corrected chi connectivity index (χ3v) is 5.54. The Bertz CT molecular complexity index is 1070. The minimum Gasteiger partial charge on any atom is -0.355 e. The molecule has 1 saturated heterocycles. The van der Waals surface area contributed by atoms with Gasteiger partial charge in [-0.3, -0.25) is 19.2 Å². The van der Waals surface area contributed by atoms with Crippen LogP contribution < -0.4 is 16.1 Å². The second-order valence-corrected chi connectivity index (χ2v) is 7.53. The van der Waals surface area contributed by atoms with E-state index in [-0.39, 0.29) is 11.2 Å². The molecule has 0 atom stereocenters. The van der Waals surface area contributed by atoms with E-state index in [0.717, 1.165) is 42.9 Å². The summed E-state index contributed by atoms with van der Waals surface area (Å²) in [6.07, 6.45) is 0.504. The molecule has 0 radical (unpaired) electrons. The molecule has 6 heteroatoms. The first-order valence-electron chi connectivity index (χ1n) is 9.99. The van der Waals surface area contributed by atoms with Crippen LogP contribution in [-0.2, 0) is 20.0 Å². The standard InChI is InChI=1S/C23H26N4O2/c1-25-22(28)20(16-18-8-4-2-5-9-18)21(24-23(25)29)27-14-12-26(13-15-27)17-19-10-6-3-7-11-19/h2-11H,12-17H2,1H3,(H,24,29). The van der Waals surface area contributed by atoms with E-state index >= 15 is 0 Å². The molecule has 0 spiro atoms. The molecule has 0 bridgehead atoms. The number of aromatic nitrogens is 2. The van der Waals surface area contributed by atoms with E-state index < -0.39 is 0 Å². The second kappa shape index (κ2) is 8.49. The number of nitrogens with one attached hydrogen (secondary N) is 1. The van der Waals surface area contributed by atoms with Gasteiger partial charge in [0.15, 0.2) is 0 Å². The first-order valence-corrected chi connectivity index (χ1v) is 9.99. The number of hydrogen-bond donors (Lipinski definition) is 1. The van der Waals surface area contributed by atoms with Crippen LogP contribution in [0.5, 0.6) is 0 Å². The lowest BCUT2D eigenvalue weighted by Crippen LogP contribution is -2.48. The zero-order valence-electron chi connectivity index (χ0n) is 16.7. The Morgan fingerprint density at radius 2 is 1.41 bits per heavy atom. The van der Waals surface area contributed by atoms with Gasteiger partial charge in [0.2, 0.25) is 0 Å². The van der Waals surface area contributed by atoms with Crippen LogP contribution in [0.1, 0.15) is 16.7 Å². The summed E-state index contributed by atoms with van der Waals surface area (Å²) < 4.78 is 1.16. The molecule has 2 heterocycles. The van der Waals surface area contributed by atoms with E-state index in [2.05, 4.69) is 39.0 Å². The molecule has 1 aliphatic rings. The van der Waals surface area contributed by atoms with Crippen molar-refractivity contribution in [1.29, 1.82) is 0 Å². The van der Waals surface area contributed by atoms with Gasteiger partial charge in [-0.25, -0.2) is 4.79 Å². The third-order valence-electron chi connectivity index (χ3n) is 5.54. The number of aromatic amines is 1. The van der Waals surface area contributed by atoms with Crippen LogP contribution in [0.4, 0.5) is 5.82 Å². The van der Waals surface area contributed by atoms with Gasteiger partial charge in [0, 0.05) is 46.2 Å². The number of rotatable bonds is 5. The molecule has 0 aliphatic carbocycles. The van der Waals surface area contributed by atoms with Crippen LogP contribution in [0, 0.1) is 0 Å². The maximum Gasteiger partial charge on any atom is 0.329 e. The van der Waals surface area contributed by atoms with Crippen molar-refractivity contribution in [3.63, 3.8) is 0 Å². The largest absolute Gasteiger partial charge is 0.355 e. The van der Waals surface area contributed by atoms with Gasteiger partial charge in [-0.2, -0.15) is 0 Å². The van der Waals surface area contributed by atoms with Crippen LogP contribution in [-0.4, -0.2) is 40.6 Å². The average Bonchev–Trinajstić information content (AvgIpc) is 2.76. The van der Waals surface area contributed by atoms with Gasteiger partial charge in [-0.15, -0.1) is 0 Å². The van der Waals surface area contributed by atoms with Gasteiger partial charge >= 0.3 is 5.69 Å². The highest BCUT2D eigenvalue weighted by atomic mass is 16.2. The second-order valence-electron chi connectivity index (χ2n) is 7.53. The summed E-state index contributed by atoms with van der Waals surface area (Å²) in [5.41, 5.74) is 2.41. The SMILES string of the molecule is Cn1c(=O)[nH]c(N2CCN(Cc3ccccc3)CC2)c(Cc2ccccc2)c1=O. The number of piperazine rings is 1. The Labute approximate surface area is 170 Å². The zero-order valence-corrected chi connectivity index (χ0v) is 16.7. The number of nitrogens with zero attached hydrogens (tertiary/aromatic N) is 3. The van der Waals surface area contributed by atoms with Crippen molar-refractivity contribution in [2.45, 2.75) is 13.0 Å². The molecular formula is C23H26N4O2. The molecule has 1 aromatic heterocycles. The minimum atomic E-state index is -0.367. The topological polar surface area (TPSA) is 61.3 Å². The molecule has 1 aliphatic heterocycles. The number of benzene rings is 2. The monoisotopic (exact) mass is 390 g/mol. The molecule has 4 rings (SSSR count). The summed E-state index contributed by atoms with van der Waals surface area (Å²) in [6.45, 7) is 4.24. The van der Waals surface area contributed by atoms with Gasteiger partial charge in [0.25, 0.3) is 5.56 Å². The smallest absolute Gasteiger partial charge is 0.329 e. The first-order chi connectivity index (χ1) is 14.1. The van der Waals surface area contributed by atoms with E-state index in [1.165, 1.54) is 12.6 Å². The molecule has 0 amide bonds. The average molecular weight is 390 g/mol. The quantitative estimate of drug-likeness (QED) is 0.724. The Morgan fingerprint density at radius 1 is 0.828 bits per heavy atom. The highest BCUT2D eigenvalue weighted by Gasteiger charge is 2.22. The predicted octanol–water partition coefficient (Wildman–Crippen LogP) is 1.99. The van der Waals surface area contributed by atoms with E-state index in [9.17, 15) is 9.59 Å². The summed E-state index contributed by atoms with van der Waals surface area (Å²) >= 11 is 0.